The minimum absolute atomic E-state index is 0.244. The largest absolute Gasteiger partial charge is 0.480 e. The molecule has 2 rings (SSSR count). The van der Waals surface area contributed by atoms with Gasteiger partial charge in [-0.2, -0.15) is 0 Å². The Bertz CT molecular complexity index is 557. The van der Waals surface area contributed by atoms with E-state index in [9.17, 15) is 18.9 Å². The summed E-state index contributed by atoms with van der Waals surface area (Å²) in [5.41, 5.74) is 0.996. The maximum absolute atomic E-state index is 12.3. The van der Waals surface area contributed by atoms with Crippen molar-refractivity contribution < 1.29 is 23.6 Å². The molecule has 2 atom stereocenters. The summed E-state index contributed by atoms with van der Waals surface area (Å²) in [5, 5.41) is 8.28. The first-order valence-corrected chi connectivity index (χ1v) is 8.95. The number of aliphatic carboxylic acids is 1. The van der Waals surface area contributed by atoms with E-state index in [2.05, 4.69) is 0 Å². The molecule has 0 radical (unpaired) electrons. The van der Waals surface area contributed by atoms with Crippen molar-refractivity contribution in [3.63, 3.8) is 0 Å². The van der Waals surface area contributed by atoms with Crippen molar-refractivity contribution in [2.45, 2.75) is 18.1 Å². The molecular formula is C16H21NO5S. The normalized spacial score (nSPS) is 17.5. The van der Waals surface area contributed by atoms with Gasteiger partial charge in [-0.1, -0.05) is 30.3 Å². The van der Waals surface area contributed by atoms with E-state index >= 15 is 0 Å². The number of morpholine rings is 1. The van der Waals surface area contributed by atoms with Crippen LogP contribution in [-0.4, -0.2) is 63.4 Å². The second-order valence-electron chi connectivity index (χ2n) is 5.37. The number of carboxylic acids is 1. The van der Waals surface area contributed by atoms with Crippen LogP contribution < -0.4 is 0 Å². The highest BCUT2D eigenvalue weighted by molar-refractivity contribution is 7.87. The van der Waals surface area contributed by atoms with E-state index < -0.39 is 22.0 Å². The van der Waals surface area contributed by atoms with Crippen molar-refractivity contribution in [2.75, 3.05) is 32.1 Å². The van der Waals surface area contributed by atoms with E-state index in [0.717, 1.165) is 5.56 Å². The van der Waals surface area contributed by atoms with Gasteiger partial charge in [-0.15, -0.1) is 0 Å². The van der Waals surface area contributed by atoms with E-state index in [-0.39, 0.29) is 18.1 Å². The van der Waals surface area contributed by atoms with Gasteiger partial charge in [0, 0.05) is 23.9 Å². The molecule has 1 aliphatic rings. The summed E-state index contributed by atoms with van der Waals surface area (Å²) < 4.78 is 17.5. The van der Waals surface area contributed by atoms with Gasteiger partial charge in [-0.3, -0.25) is 13.8 Å². The second-order valence-corrected chi connectivity index (χ2v) is 6.99. The van der Waals surface area contributed by atoms with Gasteiger partial charge in [0.15, 0.2) is 0 Å². The van der Waals surface area contributed by atoms with Crippen LogP contribution in [0.4, 0.5) is 0 Å². The lowest BCUT2D eigenvalue weighted by atomic mass is 10.1. The number of carboxylic acid groups (broad SMARTS) is 1. The van der Waals surface area contributed by atoms with Crippen molar-refractivity contribution in [2.24, 2.45) is 0 Å². The van der Waals surface area contributed by atoms with Gasteiger partial charge < -0.3 is 14.7 Å². The predicted octanol–water partition coefficient (Wildman–Crippen LogP) is 0.680. The topological polar surface area (TPSA) is 83.9 Å². The van der Waals surface area contributed by atoms with Crippen molar-refractivity contribution in [1.82, 2.24) is 4.90 Å². The average Bonchev–Trinajstić information content (AvgIpc) is 2.56. The van der Waals surface area contributed by atoms with Crippen LogP contribution in [0, 0.1) is 0 Å². The van der Waals surface area contributed by atoms with Crippen LogP contribution in [0.25, 0.3) is 0 Å². The van der Waals surface area contributed by atoms with Gasteiger partial charge in [0.25, 0.3) is 0 Å². The van der Waals surface area contributed by atoms with Gasteiger partial charge in [-0.25, -0.2) is 0 Å². The Kier molecular flexibility index (Phi) is 6.73. The van der Waals surface area contributed by atoms with E-state index in [1.54, 1.807) is 4.90 Å². The monoisotopic (exact) mass is 339 g/mol. The Morgan fingerprint density at radius 3 is 2.48 bits per heavy atom. The third-order valence-corrected chi connectivity index (χ3v) is 5.36. The summed E-state index contributed by atoms with van der Waals surface area (Å²) in [4.78, 5) is 25.1. The smallest absolute Gasteiger partial charge is 0.319 e. The third-order valence-electron chi connectivity index (χ3n) is 3.76. The average molecular weight is 339 g/mol. The lowest BCUT2D eigenvalue weighted by Crippen LogP contribution is -2.44. The molecule has 126 valence electrons. The fourth-order valence-corrected chi connectivity index (χ4v) is 3.67. The maximum Gasteiger partial charge on any atom is 0.319 e. The fraction of sp³-hybridized carbons (Fsp3) is 0.500. The summed E-state index contributed by atoms with van der Waals surface area (Å²) in [7, 11) is -1.72. The molecule has 1 amide bonds. The lowest BCUT2D eigenvalue weighted by Gasteiger charge is -2.27. The van der Waals surface area contributed by atoms with E-state index in [4.69, 9.17) is 4.74 Å². The summed E-state index contributed by atoms with van der Waals surface area (Å²) in [5.74, 6) is -1.63. The van der Waals surface area contributed by atoms with Gasteiger partial charge in [0.05, 0.1) is 13.2 Å². The zero-order valence-electron chi connectivity index (χ0n) is 12.8. The fourth-order valence-electron chi connectivity index (χ4n) is 2.44. The first-order chi connectivity index (χ1) is 11.1. The molecule has 1 saturated heterocycles. The van der Waals surface area contributed by atoms with Crippen molar-refractivity contribution in [3.05, 3.63) is 35.9 Å². The molecule has 6 nitrogen and oxygen atoms in total. The van der Waals surface area contributed by atoms with E-state index in [0.29, 0.717) is 32.7 Å². The number of benzene rings is 1. The molecule has 7 heteroatoms. The van der Waals surface area contributed by atoms with Crippen LogP contribution in [0.15, 0.2) is 30.3 Å². The zero-order valence-corrected chi connectivity index (χ0v) is 13.7. The van der Waals surface area contributed by atoms with Crippen molar-refractivity contribution in [1.29, 1.82) is 0 Å². The van der Waals surface area contributed by atoms with Crippen LogP contribution in [0.2, 0.25) is 0 Å². The molecule has 0 bridgehead atoms. The van der Waals surface area contributed by atoms with Crippen LogP contribution in [0.1, 0.15) is 12.0 Å². The third kappa shape index (κ3) is 5.44. The first kappa shape index (κ1) is 17.6. The summed E-state index contributed by atoms with van der Waals surface area (Å²) in [6, 6.07) is 9.45. The Labute approximate surface area is 137 Å². The molecule has 0 aliphatic carbocycles. The van der Waals surface area contributed by atoms with Crippen molar-refractivity contribution in [3.8, 4) is 0 Å². The van der Waals surface area contributed by atoms with Crippen LogP contribution in [0.5, 0.6) is 0 Å². The summed E-state index contributed by atoms with van der Waals surface area (Å²) >= 11 is 0. The second kappa shape index (κ2) is 8.79. The molecule has 0 aromatic heterocycles. The molecule has 1 heterocycles. The molecule has 1 aromatic carbocycles. The number of hydrogen-bond donors (Lipinski definition) is 1. The zero-order chi connectivity index (χ0) is 16.7. The Hall–Kier alpha value is -1.73. The number of carbonyl (C=O) groups is 2. The highest BCUT2D eigenvalue weighted by Gasteiger charge is 2.28. The van der Waals surface area contributed by atoms with E-state index in [1.807, 2.05) is 30.3 Å². The van der Waals surface area contributed by atoms with Gasteiger partial charge in [0.1, 0.15) is 11.0 Å². The molecule has 1 aromatic rings. The van der Waals surface area contributed by atoms with Crippen molar-refractivity contribution >= 4 is 22.7 Å². The summed E-state index contributed by atoms with van der Waals surface area (Å²) in [6.07, 6.45) is 0.775. The molecule has 23 heavy (non-hydrogen) atoms. The van der Waals surface area contributed by atoms with Crippen LogP contribution >= 0.6 is 0 Å². The molecule has 0 spiro atoms. The van der Waals surface area contributed by atoms with E-state index in [1.165, 1.54) is 0 Å². The van der Waals surface area contributed by atoms with Gasteiger partial charge >= 0.3 is 5.97 Å². The maximum atomic E-state index is 12.3. The standard InChI is InChI=1S/C16H21NO5S/c18-15(17-8-10-22-11-9-17)12-23(21)14(16(19)20)7-6-13-4-2-1-3-5-13/h1-5,14H,6-12H2,(H,19,20). The molecule has 1 N–H and O–H groups in total. The van der Waals surface area contributed by atoms with Gasteiger partial charge in [0.2, 0.25) is 5.91 Å². The highest BCUT2D eigenvalue weighted by Crippen LogP contribution is 2.11. The number of rotatable bonds is 7. The Balaban J connectivity index is 1.90. The Morgan fingerprint density at radius 1 is 1.22 bits per heavy atom. The highest BCUT2D eigenvalue weighted by atomic mass is 32.2. The number of aryl methyl sites for hydroxylation is 1. The molecule has 1 aliphatic heterocycles. The molecular weight excluding hydrogens is 318 g/mol. The number of hydrogen-bond acceptors (Lipinski definition) is 4. The summed E-state index contributed by atoms with van der Waals surface area (Å²) in [6.45, 7) is 1.87. The molecule has 1 fully saturated rings. The van der Waals surface area contributed by atoms with Crippen LogP contribution in [0.3, 0.4) is 0 Å². The SMILES string of the molecule is O=C(O)C(CCc1ccccc1)S(=O)CC(=O)N1CCOCC1. The number of ether oxygens (including phenoxy) is 1. The minimum atomic E-state index is -1.72. The number of amides is 1. The van der Waals surface area contributed by atoms with Gasteiger partial charge in [-0.05, 0) is 18.4 Å². The number of nitrogens with zero attached hydrogens (tertiary/aromatic N) is 1. The number of carbonyl (C=O) groups excluding carboxylic acids is 1. The van der Waals surface area contributed by atoms with Crippen LogP contribution in [-0.2, 0) is 31.5 Å². The molecule has 2 unspecified atom stereocenters. The first-order valence-electron chi connectivity index (χ1n) is 7.57. The Morgan fingerprint density at radius 2 is 1.87 bits per heavy atom. The quantitative estimate of drug-likeness (QED) is 0.790. The minimum Gasteiger partial charge on any atom is -0.480 e. The lowest BCUT2D eigenvalue weighted by molar-refractivity contribution is -0.136. The predicted molar refractivity (Wildman–Crippen MR) is 86.6 cm³/mol. The molecule has 0 saturated carbocycles.